The van der Waals surface area contributed by atoms with Crippen LogP contribution in [0.15, 0.2) is 24.3 Å². The van der Waals surface area contributed by atoms with Gasteiger partial charge in [-0.25, -0.2) is 0 Å². The molecular weight excluding hydrogens is 256 g/mol. The molecule has 0 aliphatic rings. The number of aliphatic carboxylic acids is 1. The molecular formula is C15H22N2O3. The molecule has 2 N–H and O–H groups in total. The molecule has 0 aliphatic carbocycles. The number of carboxylic acids is 1. The Kier molecular flexibility index (Phi) is 6.03. The van der Waals surface area contributed by atoms with Crippen LogP contribution in [0.4, 0.5) is 5.69 Å². The Balaban J connectivity index is 2.43. The lowest BCUT2D eigenvalue weighted by atomic mass is 10.1. The molecule has 5 nitrogen and oxygen atoms in total. The maximum atomic E-state index is 12.0. The van der Waals surface area contributed by atoms with Crippen molar-refractivity contribution in [2.45, 2.75) is 19.8 Å². The standard InChI is InChI=1S/C15H22N2O3/c1-11(15(19)20)6-5-9-16-14(18)12-7-4-8-13(10-12)17(2)3/h4,7-8,10-11H,5-6,9H2,1-3H3,(H,16,18)(H,19,20). The van der Waals surface area contributed by atoms with Crippen LogP contribution in [0.3, 0.4) is 0 Å². The second-order valence-corrected chi connectivity index (χ2v) is 5.08. The minimum atomic E-state index is -0.796. The normalized spacial score (nSPS) is 11.8. The molecule has 0 spiro atoms. The van der Waals surface area contributed by atoms with Gasteiger partial charge < -0.3 is 15.3 Å². The Morgan fingerprint density at radius 2 is 2.05 bits per heavy atom. The Hall–Kier alpha value is -2.04. The summed E-state index contributed by atoms with van der Waals surface area (Å²) in [7, 11) is 3.84. The number of rotatable bonds is 7. The summed E-state index contributed by atoms with van der Waals surface area (Å²) >= 11 is 0. The van der Waals surface area contributed by atoms with Crippen molar-refractivity contribution in [2.75, 3.05) is 25.5 Å². The summed E-state index contributed by atoms with van der Waals surface area (Å²) in [6, 6.07) is 7.37. The van der Waals surface area contributed by atoms with E-state index < -0.39 is 5.97 Å². The van der Waals surface area contributed by atoms with Gasteiger partial charge in [0, 0.05) is 31.9 Å². The number of benzene rings is 1. The number of carboxylic acid groups (broad SMARTS) is 1. The van der Waals surface area contributed by atoms with Gasteiger partial charge in [0.05, 0.1) is 5.92 Å². The Morgan fingerprint density at radius 1 is 1.35 bits per heavy atom. The van der Waals surface area contributed by atoms with Crippen molar-refractivity contribution in [3.8, 4) is 0 Å². The first-order valence-corrected chi connectivity index (χ1v) is 6.70. The van der Waals surface area contributed by atoms with Crippen molar-refractivity contribution in [3.63, 3.8) is 0 Å². The summed E-state index contributed by atoms with van der Waals surface area (Å²) < 4.78 is 0. The lowest BCUT2D eigenvalue weighted by Gasteiger charge is -2.13. The number of anilines is 1. The van der Waals surface area contributed by atoms with E-state index >= 15 is 0 Å². The zero-order valence-corrected chi connectivity index (χ0v) is 12.2. The highest BCUT2D eigenvalue weighted by molar-refractivity contribution is 5.95. The minimum Gasteiger partial charge on any atom is -0.481 e. The third-order valence-corrected chi connectivity index (χ3v) is 3.15. The monoisotopic (exact) mass is 278 g/mol. The van der Waals surface area contributed by atoms with E-state index in [1.807, 2.05) is 37.2 Å². The molecule has 0 heterocycles. The van der Waals surface area contributed by atoms with Crippen LogP contribution < -0.4 is 10.2 Å². The van der Waals surface area contributed by atoms with Crippen LogP contribution in [0.5, 0.6) is 0 Å². The summed E-state index contributed by atoms with van der Waals surface area (Å²) in [5.41, 5.74) is 1.58. The molecule has 1 rings (SSSR count). The molecule has 1 atom stereocenters. The zero-order chi connectivity index (χ0) is 15.1. The Morgan fingerprint density at radius 3 is 2.65 bits per heavy atom. The molecule has 0 aliphatic heterocycles. The topological polar surface area (TPSA) is 69.6 Å². The predicted octanol–water partition coefficient (Wildman–Crippen LogP) is 1.98. The van der Waals surface area contributed by atoms with Gasteiger partial charge in [0.2, 0.25) is 0 Å². The van der Waals surface area contributed by atoms with E-state index in [0.717, 1.165) is 5.69 Å². The smallest absolute Gasteiger partial charge is 0.306 e. The summed E-state index contributed by atoms with van der Waals surface area (Å²) in [6.45, 7) is 2.16. The number of nitrogens with one attached hydrogen (secondary N) is 1. The van der Waals surface area contributed by atoms with Gasteiger partial charge in [-0.15, -0.1) is 0 Å². The molecule has 0 saturated heterocycles. The van der Waals surface area contributed by atoms with E-state index in [1.165, 1.54) is 0 Å². The lowest BCUT2D eigenvalue weighted by molar-refractivity contribution is -0.141. The molecule has 20 heavy (non-hydrogen) atoms. The maximum absolute atomic E-state index is 12.0. The molecule has 0 fully saturated rings. The van der Waals surface area contributed by atoms with Crippen LogP contribution in [0.1, 0.15) is 30.1 Å². The van der Waals surface area contributed by atoms with Crippen molar-refractivity contribution in [2.24, 2.45) is 5.92 Å². The van der Waals surface area contributed by atoms with Gasteiger partial charge in [-0.05, 0) is 31.0 Å². The predicted molar refractivity (Wildman–Crippen MR) is 79.1 cm³/mol. The van der Waals surface area contributed by atoms with Crippen LogP contribution >= 0.6 is 0 Å². The first kappa shape index (κ1) is 16.0. The average Bonchev–Trinajstić information content (AvgIpc) is 2.43. The quantitative estimate of drug-likeness (QED) is 0.748. The van der Waals surface area contributed by atoms with Gasteiger partial charge >= 0.3 is 5.97 Å². The number of carbonyl (C=O) groups excluding carboxylic acids is 1. The van der Waals surface area contributed by atoms with E-state index in [0.29, 0.717) is 24.9 Å². The molecule has 0 aromatic heterocycles. The largest absolute Gasteiger partial charge is 0.481 e. The molecule has 1 aromatic rings. The van der Waals surface area contributed by atoms with Crippen LogP contribution in [-0.4, -0.2) is 37.6 Å². The van der Waals surface area contributed by atoms with Crippen molar-refractivity contribution in [3.05, 3.63) is 29.8 Å². The number of nitrogens with zero attached hydrogens (tertiary/aromatic N) is 1. The molecule has 1 unspecified atom stereocenters. The fraction of sp³-hybridized carbons (Fsp3) is 0.467. The number of carbonyl (C=O) groups is 2. The molecule has 0 saturated carbocycles. The van der Waals surface area contributed by atoms with Gasteiger partial charge in [0.1, 0.15) is 0 Å². The van der Waals surface area contributed by atoms with Gasteiger partial charge in [0.25, 0.3) is 5.91 Å². The third-order valence-electron chi connectivity index (χ3n) is 3.15. The zero-order valence-electron chi connectivity index (χ0n) is 12.2. The van der Waals surface area contributed by atoms with Crippen molar-refractivity contribution in [1.82, 2.24) is 5.32 Å². The average molecular weight is 278 g/mol. The molecule has 5 heteroatoms. The summed E-state index contributed by atoms with van der Waals surface area (Å²) in [5.74, 6) is -1.30. The van der Waals surface area contributed by atoms with E-state index in [9.17, 15) is 9.59 Å². The Bertz CT molecular complexity index is 472. The van der Waals surface area contributed by atoms with Crippen molar-refractivity contribution in [1.29, 1.82) is 0 Å². The van der Waals surface area contributed by atoms with E-state index in [2.05, 4.69) is 5.32 Å². The van der Waals surface area contributed by atoms with Gasteiger partial charge in [0.15, 0.2) is 0 Å². The minimum absolute atomic E-state index is 0.128. The van der Waals surface area contributed by atoms with Gasteiger partial charge in [-0.2, -0.15) is 0 Å². The molecule has 1 aromatic carbocycles. The first-order valence-electron chi connectivity index (χ1n) is 6.70. The highest BCUT2D eigenvalue weighted by atomic mass is 16.4. The van der Waals surface area contributed by atoms with Crippen LogP contribution in [0.2, 0.25) is 0 Å². The summed E-state index contributed by atoms with van der Waals surface area (Å²) in [5, 5.41) is 11.6. The number of amides is 1. The Labute approximate surface area is 119 Å². The van der Waals surface area contributed by atoms with Crippen LogP contribution in [-0.2, 0) is 4.79 Å². The maximum Gasteiger partial charge on any atom is 0.306 e. The molecule has 0 radical (unpaired) electrons. The van der Waals surface area contributed by atoms with Crippen LogP contribution in [0.25, 0.3) is 0 Å². The fourth-order valence-electron chi connectivity index (χ4n) is 1.76. The molecule has 0 bridgehead atoms. The summed E-state index contributed by atoms with van der Waals surface area (Å²) in [4.78, 5) is 24.5. The van der Waals surface area contributed by atoms with Crippen molar-refractivity contribution >= 4 is 17.6 Å². The summed E-state index contributed by atoms with van der Waals surface area (Å²) in [6.07, 6.45) is 1.22. The van der Waals surface area contributed by atoms with Gasteiger partial charge in [-0.3, -0.25) is 9.59 Å². The second-order valence-electron chi connectivity index (χ2n) is 5.08. The third kappa shape index (κ3) is 4.91. The fourth-order valence-corrected chi connectivity index (χ4v) is 1.76. The second kappa shape index (κ2) is 7.53. The van der Waals surface area contributed by atoms with E-state index in [1.54, 1.807) is 13.0 Å². The van der Waals surface area contributed by atoms with Crippen molar-refractivity contribution < 1.29 is 14.7 Å². The number of hydrogen-bond acceptors (Lipinski definition) is 3. The first-order chi connectivity index (χ1) is 9.41. The SMILES string of the molecule is CC(CCCNC(=O)c1cccc(N(C)C)c1)C(=O)O. The highest BCUT2D eigenvalue weighted by Gasteiger charge is 2.11. The molecule has 1 amide bonds. The van der Waals surface area contributed by atoms with E-state index in [-0.39, 0.29) is 11.8 Å². The highest BCUT2D eigenvalue weighted by Crippen LogP contribution is 2.13. The molecule has 110 valence electrons. The van der Waals surface area contributed by atoms with E-state index in [4.69, 9.17) is 5.11 Å². The van der Waals surface area contributed by atoms with Crippen LogP contribution in [0, 0.1) is 5.92 Å². The lowest BCUT2D eigenvalue weighted by Crippen LogP contribution is -2.25. The van der Waals surface area contributed by atoms with Gasteiger partial charge in [-0.1, -0.05) is 13.0 Å². The number of hydrogen-bond donors (Lipinski definition) is 2.